The van der Waals surface area contributed by atoms with Crippen LogP contribution in [0.15, 0.2) is 22.7 Å². The number of Topliss-reactive ketones (excluding diaryl/α,β-unsaturated/α-hetero) is 1. The average Bonchev–Trinajstić information content (AvgIpc) is 2.26. The molecule has 0 fully saturated rings. The summed E-state index contributed by atoms with van der Waals surface area (Å²) in [5.74, 6) is 0.124. The Hall–Kier alpha value is -0.870. The van der Waals surface area contributed by atoms with E-state index < -0.39 is 5.54 Å². The third-order valence-corrected chi connectivity index (χ3v) is 4.00. The van der Waals surface area contributed by atoms with E-state index in [0.29, 0.717) is 0 Å². The molecule has 18 heavy (non-hydrogen) atoms. The summed E-state index contributed by atoms with van der Waals surface area (Å²) in [5.41, 5.74) is 1.29. The first-order chi connectivity index (χ1) is 8.17. The number of likely N-dealkylation sites (N-methyl/N-ethyl adjacent to an activating group) is 1. The molecule has 3 nitrogen and oxygen atoms in total. The second-order valence-electron chi connectivity index (χ2n) is 5.34. The molecule has 0 unspecified atom stereocenters. The number of carbonyl (C=O) groups is 1. The van der Waals surface area contributed by atoms with Gasteiger partial charge in [-0.2, -0.15) is 0 Å². The van der Waals surface area contributed by atoms with Crippen molar-refractivity contribution >= 4 is 27.4 Å². The number of hydrogen-bond donors (Lipinski definition) is 0. The smallest absolute Gasteiger partial charge is 0.182 e. The lowest BCUT2D eigenvalue weighted by molar-refractivity contribution is 0.0755. The van der Waals surface area contributed by atoms with Crippen molar-refractivity contribution in [3.63, 3.8) is 0 Å². The van der Waals surface area contributed by atoms with Gasteiger partial charge in [-0.1, -0.05) is 0 Å². The summed E-state index contributed by atoms with van der Waals surface area (Å²) in [6.45, 7) is 3.87. The summed E-state index contributed by atoms with van der Waals surface area (Å²) < 4.78 is 0.938. The Morgan fingerprint density at radius 3 is 2.11 bits per heavy atom. The molecule has 1 aromatic rings. The molecule has 0 bridgehead atoms. The highest BCUT2D eigenvalue weighted by Crippen LogP contribution is 2.28. The molecule has 0 aromatic heterocycles. The monoisotopic (exact) mass is 312 g/mol. The van der Waals surface area contributed by atoms with E-state index >= 15 is 0 Å². The second-order valence-corrected chi connectivity index (χ2v) is 6.20. The number of carbonyl (C=O) groups excluding carboxylic acids is 1. The molecule has 0 radical (unpaired) electrons. The highest BCUT2D eigenvalue weighted by molar-refractivity contribution is 9.10. The molecule has 0 atom stereocenters. The summed E-state index contributed by atoms with van der Waals surface area (Å²) in [4.78, 5) is 16.4. The SMILES string of the molecule is CN(C)c1ccc(C(=O)C(C)(C)N(C)C)cc1Br. The van der Waals surface area contributed by atoms with Crippen LogP contribution in [-0.2, 0) is 0 Å². The van der Waals surface area contributed by atoms with Crippen LogP contribution >= 0.6 is 15.9 Å². The molecule has 100 valence electrons. The van der Waals surface area contributed by atoms with Crippen molar-refractivity contribution in [1.82, 2.24) is 4.90 Å². The number of rotatable bonds is 4. The van der Waals surface area contributed by atoms with Gasteiger partial charge >= 0.3 is 0 Å². The average molecular weight is 313 g/mol. The summed E-state index contributed by atoms with van der Waals surface area (Å²) in [7, 11) is 7.79. The molecule has 0 aliphatic carbocycles. The summed E-state index contributed by atoms with van der Waals surface area (Å²) in [6, 6.07) is 5.74. The Bertz CT molecular complexity index is 453. The Balaban J connectivity index is 3.13. The highest BCUT2D eigenvalue weighted by Gasteiger charge is 2.31. The van der Waals surface area contributed by atoms with Gasteiger partial charge in [0.05, 0.1) is 11.2 Å². The molecule has 0 amide bonds. The van der Waals surface area contributed by atoms with Gasteiger partial charge < -0.3 is 4.90 Å². The summed E-state index contributed by atoms with van der Waals surface area (Å²) >= 11 is 3.51. The van der Waals surface area contributed by atoms with Crippen molar-refractivity contribution in [2.24, 2.45) is 0 Å². The molecule has 0 aliphatic heterocycles. The molecule has 0 saturated heterocycles. The highest BCUT2D eigenvalue weighted by atomic mass is 79.9. The van der Waals surface area contributed by atoms with Gasteiger partial charge in [0.1, 0.15) is 0 Å². The second kappa shape index (κ2) is 5.41. The van der Waals surface area contributed by atoms with Crippen molar-refractivity contribution in [3.05, 3.63) is 28.2 Å². The Morgan fingerprint density at radius 1 is 1.17 bits per heavy atom. The number of nitrogens with zero attached hydrogens (tertiary/aromatic N) is 2. The van der Waals surface area contributed by atoms with Gasteiger partial charge in [0, 0.05) is 24.1 Å². The van der Waals surface area contributed by atoms with E-state index in [4.69, 9.17) is 0 Å². The minimum Gasteiger partial charge on any atom is -0.377 e. The zero-order valence-corrected chi connectivity index (χ0v) is 13.5. The van der Waals surface area contributed by atoms with E-state index in [2.05, 4.69) is 15.9 Å². The first-order valence-electron chi connectivity index (χ1n) is 5.87. The van der Waals surface area contributed by atoms with Crippen molar-refractivity contribution in [2.75, 3.05) is 33.1 Å². The standard InChI is InChI=1S/C14H21BrN2O/c1-14(2,17(5)6)13(18)10-7-8-12(16(3)4)11(15)9-10/h7-9H,1-6H3. The van der Waals surface area contributed by atoms with Crippen molar-refractivity contribution in [1.29, 1.82) is 0 Å². The fourth-order valence-electron chi connectivity index (χ4n) is 1.57. The third kappa shape index (κ3) is 2.93. The summed E-state index contributed by atoms with van der Waals surface area (Å²) in [5, 5.41) is 0. The molecule has 1 aromatic carbocycles. The van der Waals surface area contributed by atoms with E-state index in [1.807, 2.05) is 70.0 Å². The van der Waals surface area contributed by atoms with E-state index in [1.165, 1.54) is 0 Å². The molecule has 0 N–H and O–H groups in total. The third-order valence-electron chi connectivity index (χ3n) is 3.37. The van der Waals surface area contributed by atoms with Gasteiger partial charge in [0.25, 0.3) is 0 Å². The maximum atomic E-state index is 12.5. The summed E-state index contributed by atoms with van der Waals surface area (Å²) in [6.07, 6.45) is 0. The number of ketones is 1. The lowest BCUT2D eigenvalue weighted by atomic mass is 9.92. The maximum Gasteiger partial charge on any atom is 0.182 e. The topological polar surface area (TPSA) is 23.6 Å². The van der Waals surface area contributed by atoms with Crippen LogP contribution in [-0.4, -0.2) is 44.4 Å². The predicted molar refractivity (Wildman–Crippen MR) is 80.6 cm³/mol. The van der Waals surface area contributed by atoms with E-state index in [9.17, 15) is 4.79 Å². The zero-order valence-electron chi connectivity index (χ0n) is 11.9. The van der Waals surface area contributed by atoms with E-state index in [-0.39, 0.29) is 5.78 Å². The molecule has 1 rings (SSSR count). The number of benzene rings is 1. The van der Waals surface area contributed by atoms with Gasteiger partial charge in [-0.3, -0.25) is 9.69 Å². The molecule has 0 spiro atoms. The lowest BCUT2D eigenvalue weighted by Crippen LogP contribution is -2.45. The molecule has 0 heterocycles. The fraction of sp³-hybridized carbons (Fsp3) is 0.500. The van der Waals surface area contributed by atoms with Crippen LogP contribution in [0.2, 0.25) is 0 Å². The van der Waals surface area contributed by atoms with Crippen LogP contribution in [0.1, 0.15) is 24.2 Å². The molecule has 0 aliphatic rings. The van der Waals surface area contributed by atoms with Gasteiger partial charge in [0.15, 0.2) is 5.78 Å². The normalized spacial score (nSPS) is 11.8. The fourth-order valence-corrected chi connectivity index (χ4v) is 2.30. The Morgan fingerprint density at radius 2 is 1.72 bits per heavy atom. The Labute approximate surface area is 118 Å². The molecule has 4 heteroatoms. The first-order valence-corrected chi connectivity index (χ1v) is 6.66. The van der Waals surface area contributed by atoms with Crippen molar-refractivity contribution < 1.29 is 4.79 Å². The largest absolute Gasteiger partial charge is 0.377 e. The first kappa shape index (κ1) is 15.2. The van der Waals surface area contributed by atoms with Crippen molar-refractivity contribution in [3.8, 4) is 0 Å². The predicted octanol–water partition coefficient (Wildman–Crippen LogP) is 3.04. The van der Waals surface area contributed by atoms with E-state index in [0.717, 1.165) is 15.7 Å². The Kier molecular flexibility index (Phi) is 4.56. The quantitative estimate of drug-likeness (QED) is 0.798. The number of hydrogen-bond acceptors (Lipinski definition) is 3. The lowest BCUT2D eigenvalue weighted by Gasteiger charge is -2.31. The van der Waals surface area contributed by atoms with Gasteiger partial charge in [-0.25, -0.2) is 0 Å². The molecular weight excluding hydrogens is 292 g/mol. The molecule has 0 saturated carbocycles. The van der Waals surface area contributed by atoms with Gasteiger partial charge in [-0.15, -0.1) is 0 Å². The van der Waals surface area contributed by atoms with Crippen LogP contribution in [0.5, 0.6) is 0 Å². The van der Waals surface area contributed by atoms with Crippen LogP contribution < -0.4 is 4.90 Å². The number of anilines is 1. The minimum absolute atomic E-state index is 0.124. The minimum atomic E-state index is -0.501. The van der Waals surface area contributed by atoms with Crippen LogP contribution in [0, 0.1) is 0 Å². The van der Waals surface area contributed by atoms with Gasteiger partial charge in [0.2, 0.25) is 0 Å². The van der Waals surface area contributed by atoms with E-state index in [1.54, 1.807) is 0 Å². The maximum absolute atomic E-state index is 12.5. The van der Waals surface area contributed by atoms with Crippen molar-refractivity contribution in [2.45, 2.75) is 19.4 Å². The zero-order chi connectivity index (χ0) is 14.1. The van der Waals surface area contributed by atoms with Gasteiger partial charge in [-0.05, 0) is 62.1 Å². The van der Waals surface area contributed by atoms with Crippen LogP contribution in [0.4, 0.5) is 5.69 Å². The molecular formula is C14H21BrN2O. The van der Waals surface area contributed by atoms with Crippen LogP contribution in [0.25, 0.3) is 0 Å². The van der Waals surface area contributed by atoms with Crippen LogP contribution in [0.3, 0.4) is 0 Å². The number of halogens is 1.